The van der Waals surface area contributed by atoms with Gasteiger partial charge in [-0.1, -0.05) is 12.1 Å². The average molecular weight is 459 g/mol. The maximum Gasteiger partial charge on any atom is 0.416 e. The molecule has 0 fully saturated rings. The highest BCUT2D eigenvalue weighted by Crippen LogP contribution is 2.31. The van der Waals surface area contributed by atoms with Gasteiger partial charge in [0, 0.05) is 11.1 Å². The molecule has 0 bridgehead atoms. The highest BCUT2D eigenvalue weighted by molar-refractivity contribution is 7.89. The first-order valence-corrected chi connectivity index (χ1v) is 10.9. The second-order valence-corrected chi connectivity index (χ2v) is 9.64. The molecule has 1 amide bonds. The molecule has 0 heterocycles. The van der Waals surface area contributed by atoms with Gasteiger partial charge in [-0.15, -0.1) is 0 Å². The monoisotopic (exact) mass is 458 g/mol. The topological polar surface area (TPSA) is 84.5 Å². The fraction of sp³-hybridized carbons (Fsp3) is 0.381. The van der Waals surface area contributed by atoms with Crippen LogP contribution in [0.4, 0.5) is 13.2 Å². The maximum absolute atomic E-state index is 12.7. The van der Waals surface area contributed by atoms with E-state index in [2.05, 4.69) is 10.0 Å². The van der Waals surface area contributed by atoms with Gasteiger partial charge in [0.25, 0.3) is 5.91 Å². The molecule has 0 aliphatic carbocycles. The number of carbonyl (C=O) groups is 1. The summed E-state index contributed by atoms with van der Waals surface area (Å²) in [6.07, 6.45) is -4.47. The van der Waals surface area contributed by atoms with Gasteiger partial charge in [0.2, 0.25) is 10.0 Å². The zero-order valence-electron chi connectivity index (χ0n) is 17.6. The lowest BCUT2D eigenvalue weighted by atomic mass is 10.1. The van der Waals surface area contributed by atoms with Crippen molar-refractivity contribution in [3.63, 3.8) is 0 Å². The number of carbonyl (C=O) groups excluding carboxylic acids is 1. The van der Waals surface area contributed by atoms with Crippen LogP contribution in [0.3, 0.4) is 0 Å². The second kappa shape index (κ2) is 9.27. The molecule has 0 atom stereocenters. The first kappa shape index (κ1) is 24.7. The summed E-state index contributed by atoms with van der Waals surface area (Å²) in [5.74, 6) is -0.487. The Morgan fingerprint density at radius 1 is 1.06 bits per heavy atom. The highest BCUT2D eigenvalue weighted by Gasteiger charge is 2.30. The molecule has 6 nitrogen and oxygen atoms in total. The van der Waals surface area contributed by atoms with Crippen LogP contribution in [0.2, 0.25) is 0 Å². The third kappa shape index (κ3) is 7.25. The molecular formula is C21H25F3N2O4S. The summed E-state index contributed by atoms with van der Waals surface area (Å²) >= 11 is 0. The normalized spacial score (nSPS) is 12.5. The van der Waals surface area contributed by atoms with Crippen LogP contribution in [0.25, 0.3) is 0 Å². The molecule has 0 aliphatic heterocycles. The van der Waals surface area contributed by atoms with Gasteiger partial charge >= 0.3 is 6.18 Å². The Balaban J connectivity index is 2.02. The van der Waals surface area contributed by atoms with Crippen LogP contribution in [0.15, 0.2) is 47.4 Å². The van der Waals surface area contributed by atoms with Gasteiger partial charge < -0.3 is 10.1 Å². The number of rotatable bonds is 7. The third-order valence-electron chi connectivity index (χ3n) is 4.02. The summed E-state index contributed by atoms with van der Waals surface area (Å²) in [4.78, 5) is 12.5. The van der Waals surface area contributed by atoms with Gasteiger partial charge in [-0.25, -0.2) is 13.1 Å². The van der Waals surface area contributed by atoms with Crippen molar-refractivity contribution < 1.29 is 31.1 Å². The van der Waals surface area contributed by atoms with Crippen LogP contribution < -0.4 is 14.8 Å². The van der Waals surface area contributed by atoms with E-state index in [4.69, 9.17) is 4.74 Å². The highest BCUT2D eigenvalue weighted by atomic mass is 32.2. The zero-order chi connectivity index (χ0) is 23.4. The number of benzene rings is 2. The van der Waals surface area contributed by atoms with Crippen molar-refractivity contribution >= 4 is 15.9 Å². The van der Waals surface area contributed by atoms with Crippen molar-refractivity contribution in [2.45, 2.75) is 44.3 Å². The Bertz CT molecular complexity index is 1050. The molecule has 31 heavy (non-hydrogen) atoms. The number of halogens is 3. The molecular weight excluding hydrogens is 433 g/mol. The first-order valence-electron chi connectivity index (χ1n) is 9.42. The number of hydrogen-bond acceptors (Lipinski definition) is 4. The maximum atomic E-state index is 12.7. The summed E-state index contributed by atoms with van der Waals surface area (Å²) in [7, 11) is -3.81. The van der Waals surface area contributed by atoms with E-state index in [0.29, 0.717) is 5.56 Å². The molecule has 0 spiro atoms. The molecule has 2 aromatic carbocycles. The number of nitrogens with one attached hydrogen (secondary N) is 2. The van der Waals surface area contributed by atoms with E-state index in [1.807, 2.05) is 0 Å². The van der Waals surface area contributed by atoms with Crippen LogP contribution >= 0.6 is 0 Å². The van der Waals surface area contributed by atoms with Crippen molar-refractivity contribution in [3.05, 3.63) is 59.2 Å². The van der Waals surface area contributed by atoms with E-state index in [1.165, 1.54) is 30.3 Å². The molecule has 0 saturated heterocycles. The van der Waals surface area contributed by atoms with Crippen LogP contribution in [-0.4, -0.2) is 33.0 Å². The second-order valence-electron chi connectivity index (χ2n) is 7.96. The Morgan fingerprint density at radius 3 is 2.35 bits per heavy atom. The van der Waals surface area contributed by atoms with Crippen molar-refractivity contribution in [2.75, 3.05) is 13.2 Å². The van der Waals surface area contributed by atoms with E-state index >= 15 is 0 Å². The Hall–Kier alpha value is -2.59. The predicted molar refractivity (Wildman–Crippen MR) is 111 cm³/mol. The summed E-state index contributed by atoms with van der Waals surface area (Å²) in [5.41, 5.74) is -0.763. The lowest BCUT2D eigenvalue weighted by molar-refractivity contribution is -0.137. The minimum absolute atomic E-state index is 0.0196. The van der Waals surface area contributed by atoms with Crippen molar-refractivity contribution in [3.8, 4) is 5.75 Å². The van der Waals surface area contributed by atoms with Crippen LogP contribution in [-0.2, 0) is 16.2 Å². The number of amides is 1. The summed E-state index contributed by atoms with van der Waals surface area (Å²) in [5, 5.41) is 2.58. The van der Waals surface area contributed by atoms with E-state index < -0.39 is 33.2 Å². The lowest BCUT2D eigenvalue weighted by Crippen LogP contribution is -2.40. The third-order valence-corrected chi connectivity index (χ3v) is 5.78. The molecule has 0 radical (unpaired) electrons. The Kier molecular flexibility index (Phi) is 7.38. The number of ether oxygens (including phenoxy) is 1. The van der Waals surface area contributed by atoms with Crippen molar-refractivity contribution in [1.82, 2.24) is 10.0 Å². The minimum Gasteiger partial charge on any atom is -0.492 e. The number of sulfonamides is 1. The van der Waals surface area contributed by atoms with Crippen molar-refractivity contribution in [1.29, 1.82) is 0 Å². The Morgan fingerprint density at radius 2 is 1.74 bits per heavy atom. The summed E-state index contributed by atoms with van der Waals surface area (Å²) in [6, 6.07) is 8.67. The lowest BCUT2D eigenvalue weighted by Gasteiger charge is -2.20. The van der Waals surface area contributed by atoms with Gasteiger partial charge in [-0.2, -0.15) is 13.2 Å². The molecule has 0 aromatic heterocycles. The van der Waals surface area contributed by atoms with Gasteiger partial charge in [0.1, 0.15) is 12.4 Å². The van der Waals surface area contributed by atoms with Crippen LogP contribution in [0.1, 0.15) is 42.3 Å². The SMILES string of the molecule is Cc1ccc(S(=O)(=O)NC(C)(C)C)cc1C(=O)NCCOc1cccc(C(F)(F)F)c1. The van der Waals surface area contributed by atoms with E-state index in [1.54, 1.807) is 27.7 Å². The molecule has 170 valence electrons. The molecule has 0 saturated carbocycles. The minimum atomic E-state index is -4.47. The zero-order valence-corrected chi connectivity index (χ0v) is 18.4. The molecule has 2 rings (SSSR count). The molecule has 0 aliphatic rings. The van der Waals surface area contributed by atoms with E-state index in [9.17, 15) is 26.4 Å². The largest absolute Gasteiger partial charge is 0.492 e. The fourth-order valence-electron chi connectivity index (χ4n) is 2.67. The fourth-order valence-corrected chi connectivity index (χ4v) is 4.11. The molecule has 2 aromatic rings. The first-order chi connectivity index (χ1) is 14.2. The molecule has 0 unspecified atom stereocenters. The van der Waals surface area contributed by atoms with Gasteiger partial charge in [-0.05, 0) is 63.6 Å². The smallest absolute Gasteiger partial charge is 0.416 e. The quantitative estimate of drug-likeness (QED) is 0.617. The average Bonchev–Trinajstić information content (AvgIpc) is 2.63. The number of aryl methyl sites for hydroxylation is 1. The van der Waals surface area contributed by atoms with Gasteiger partial charge in [0.15, 0.2) is 0 Å². The number of alkyl halides is 3. The number of hydrogen-bond donors (Lipinski definition) is 2. The predicted octanol–water partition coefficient (Wildman–Crippen LogP) is 3.90. The summed E-state index contributed by atoms with van der Waals surface area (Å²) in [6.45, 7) is 6.74. The van der Waals surface area contributed by atoms with Crippen molar-refractivity contribution in [2.24, 2.45) is 0 Å². The summed E-state index contributed by atoms with van der Waals surface area (Å²) < 4.78 is 71.0. The Labute approximate surface area is 179 Å². The van der Waals surface area contributed by atoms with Gasteiger partial charge in [-0.3, -0.25) is 4.79 Å². The standard InChI is InChI=1S/C21H25F3N2O4S/c1-14-8-9-17(31(28,29)26-20(2,3)4)13-18(14)19(27)25-10-11-30-16-7-5-6-15(12-16)21(22,23)24/h5-9,12-13,26H,10-11H2,1-4H3,(H,25,27). The van der Waals surface area contributed by atoms with E-state index in [0.717, 1.165) is 12.1 Å². The van der Waals surface area contributed by atoms with Crippen LogP contribution in [0.5, 0.6) is 5.75 Å². The van der Waals surface area contributed by atoms with Crippen LogP contribution in [0, 0.1) is 6.92 Å². The molecule has 10 heteroatoms. The van der Waals surface area contributed by atoms with Gasteiger partial charge in [0.05, 0.1) is 17.0 Å². The molecule has 2 N–H and O–H groups in total. The van der Waals surface area contributed by atoms with E-state index in [-0.39, 0.29) is 29.4 Å².